The fraction of sp³-hybridized carbons (Fsp3) is 0.231. The van der Waals surface area contributed by atoms with Gasteiger partial charge in [-0.3, -0.25) is 0 Å². The first kappa shape index (κ1) is 12.4. The van der Waals surface area contributed by atoms with E-state index in [2.05, 4.69) is 44.7 Å². The van der Waals surface area contributed by atoms with Gasteiger partial charge in [-0.15, -0.1) is 11.3 Å². The molecule has 0 bridgehead atoms. The molecule has 0 amide bonds. The summed E-state index contributed by atoms with van der Waals surface area (Å²) >= 11 is 3.36. The maximum Gasteiger partial charge on any atom is 0.223 e. The third-order valence-corrected chi connectivity index (χ3v) is 4.55. The van der Waals surface area contributed by atoms with Gasteiger partial charge in [-0.05, 0) is 35.4 Å². The zero-order valence-corrected chi connectivity index (χ0v) is 12.4. The third kappa shape index (κ3) is 2.41. The molecule has 0 fully saturated rings. The van der Waals surface area contributed by atoms with Crippen LogP contribution in [-0.4, -0.2) is 17.0 Å². The van der Waals surface area contributed by atoms with Crippen LogP contribution in [0.3, 0.4) is 0 Å². The van der Waals surface area contributed by atoms with Crippen LogP contribution in [0.4, 0.5) is 11.8 Å². The van der Waals surface area contributed by atoms with Gasteiger partial charge in [0.1, 0.15) is 10.6 Å². The Balaban J connectivity index is 2.03. The first-order valence-electron chi connectivity index (χ1n) is 5.89. The lowest BCUT2D eigenvalue weighted by molar-refractivity contribution is 0.907. The van der Waals surface area contributed by atoms with Crippen LogP contribution < -0.4 is 10.6 Å². The van der Waals surface area contributed by atoms with Crippen LogP contribution in [-0.2, 0) is 6.54 Å². The Bertz CT molecular complexity index is 703. The Morgan fingerprint density at radius 1 is 1.37 bits per heavy atom. The first-order chi connectivity index (χ1) is 9.13. The summed E-state index contributed by atoms with van der Waals surface area (Å²) in [5, 5.41) is 5.31. The van der Waals surface area contributed by atoms with Crippen molar-refractivity contribution < 1.29 is 0 Å². The van der Waals surface area contributed by atoms with Crippen molar-refractivity contribution >= 4 is 44.7 Å². The van der Waals surface area contributed by atoms with Crippen LogP contribution in [0.2, 0.25) is 0 Å². The molecule has 0 aliphatic carbocycles. The highest BCUT2D eigenvalue weighted by Gasteiger charge is 2.13. The molecule has 0 aliphatic heterocycles. The molecule has 0 aromatic carbocycles. The van der Waals surface area contributed by atoms with Crippen molar-refractivity contribution in [3.05, 3.63) is 33.3 Å². The van der Waals surface area contributed by atoms with Crippen LogP contribution in [0, 0.1) is 6.92 Å². The minimum Gasteiger partial charge on any atom is -0.368 e. The number of aryl methyl sites for hydroxylation is 1. The van der Waals surface area contributed by atoms with Crippen molar-refractivity contribution in [2.45, 2.75) is 13.5 Å². The molecule has 19 heavy (non-hydrogen) atoms. The van der Waals surface area contributed by atoms with Gasteiger partial charge >= 0.3 is 0 Å². The Kier molecular flexibility index (Phi) is 3.12. The predicted octanol–water partition coefficient (Wildman–Crippen LogP) is 3.28. The molecule has 0 aliphatic rings. The second kappa shape index (κ2) is 4.79. The molecule has 0 spiro atoms. The van der Waals surface area contributed by atoms with E-state index in [-0.39, 0.29) is 0 Å². The molecular formula is C13H14N4S2. The number of fused-ring (bicyclic) bond motifs is 1. The third-order valence-electron chi connectivity index (χ3n) is 2.87. The second-order valence-electron chi connectivity index (χ2n) is 4.47. The summed E-state index contributed by atoms with van der Waals surface area (Å²) in [5.41, 5.74) is 7.09. The number of anilines is 2. The summed E-state index contributed by atoms with van der Waals surface area (Å²) in [5.74, 6) is 1.24. The van der Waals surface area contributed by atoms with Gasteiger partial charge in [0, 0.05) is 18.5 Å². The summed E-state index contributed by atoms with van der Waals surface area (Å²) in [6.45, 7) is 2.90. The summed E-state index contributed by atoms with van der Waals surface area (Å²) in [7, 11) is 2.03. The number of aromatic nitrogens is 2. The summed E-state index contributed by atoms with van der Waals surface area (Å²) in [6.07, 6.45) is 0. The lowest BCUT2D eigenvalue weighted by Gasteiger charge is -2.18. The lowest BCUT2D eigenvalue weighted by atomic mass is 10.3. The number of nitrogens with two attached hydrogens (primary N) is 1. The van der Waals surface area contributed by atoms with Crippen LogP contribution in [0.15, 0.2) is 22.9 Å². The molecule has 3 heterocycles. The molecule has 0 unspecified atom stereocenters. The maximum atomic E-state index is 5.80. The Labute approximate surface area is 119 Å². The van der Waals surface area contributed by atoms with Gasteiger partial charge in [-0.1, -0.05) is 0 Å². The highest BCUT2D eigenvalue weighted by molar-refractivity contribution is 7.18. The molecule has 3 aromatic rings. The predicted molar refractivity (Wildman–Crippen MR) is 83.0 cm³/mol. The zero-order valence-electron chi connectivity index (χ0n) is 10.8. The van der Waals surface area contributed by atoms with Crippen LogP contribution >= 0.6 is 22.7 Å². The molecule has 6 heteroatoms. The van der Waals surface area contributed by atoms with Crippen molar-refractivity contribution in [2.75, 3.05) is 17.7 Å². The van der Waals surface area contributed by atoms with E-state index in [0.717, 1.165) is 22.6 Å². The summed E-state index contributed by atoms with van der Waals surface area (Å²) in [4.78, 5) is 13.0. The molecule has 0 radical (unpaired) electrons. The monoisotopic (exact) mass is 290 g/mol. The van der Waals surface area contributed by atoms with E-state index in [0.29, 0.717) is 5.95 Å². The number of thiophene rings is 2. The number of nitrogens with zero attached hydrogens (tertiary/aromatic N) is 3. The molecule has 2 N–H and O–H groups in total. The lowest BCUT2D eigenvalue weighted by Crippen LogP contribution is -2.18. The van der Waals surface area contributed by atoms with Gasteiger partial charge in [0.2, 0.25) is 5.95 Å². The standard InChI is InChI=1S/C13H14N4S2/c1-8-5-10-11(15-13(14)16-12(10)19-8)17(2)6-9-3-4-18-7-9/h3-5,7H,6H2,1-2H3,(H2,14,15,16). The zero-order chi connectivity index (χ0) is 13.4. The average Bonchev–Trinajstić information content (AvgIpc) is 2.96. The molecule has 4 nitrogen and oxygen atoms in total. The maximum absolute atomic E-state index is 5.80. The van der Waals surface area contributed by atoms with E-state index in [1.165, 1.54) is 10.4 Å². The van der Waals surface area contributed by atoms with Gasteiger partial charge in [0.15, 0.2) is 0 Å². The molecular weight excluding hydrogens is 276 g/mol. The molecule has 0 saturated heterocycles. The second-order valence-corrected chi connectivity index (χ2v) is 6.48. The molecule has 98 valence electrons. The minimum absolute atomic E-state index is 0.335. The summed E-state index contributed by atoms with van der Waals surface area (Å²) < 4.78 is 0. The molecule has 3 aromatic heterocycles. The Morgan fingerprint density at radius 2 is 2.21 bits per heavy atom. The number of rotatable bonds is 3. The van der Waals surface area contributed by atoms with E-state index in [1.54, 1.807) is 22.7 Å². The van der Waals surface area contributed by atoms with Crippen LogP contribution in [0.25, 0.3) is 10.2 Å². The summed E-state index contributed by atoms with van der Waals surface area (Å²) in [6, 6.07) is 4.25. The topological polar surface area (TPSA) is 55.0 Å². The number of hydrogen-bond acceptors (Lipinski definition) is 6. The highest BCUT2D eigenvalue weighted by Crippen LogP contribution is 2.31. The molecule has 0 saturated carbocycles. The quantitative estimate of drug-likeness (QED) is 0.804. The average molecular weight is 290 g/mol. The highest BCUT2D eigenvalue weighted by atomic mass is 32.1. The van der Waals surface area contributed by atoms with E-state index < -0.39 is 0 Å². The van der Waals surface area contributed by atoms with Gasteiger partial charge in [-0.25, -0.2) is 4.98 Å². The largest absolute Gasteiger partial charge is 0.368 e. The van der Waals surface area contributed by atoms with E-state index >= 15 is 0 Å². The van der Waals surface area contributed by atoms with Gasteiger partial charge in [0.25, 0.3) is 0 Å². The molecule has 3 rings (SSSR count). The number of hydrogen-bond donors (Lipinski definition) is 1. The van der Waals surface area contributed by atoms with E-state index in [9.17, 15) is 0 Å². The van der Waals surface area contributed by atoms with Crippen LogP contribution in [0.1, 0.15) is 10.4 Å². The van der Waals surface area contributed by atoms with Crippen molar-refractivity contribution in [1.82, 2.24) is 9.97 Å². The van der Waals surface area contributed by atoms with Gasteiger partial charge in [-0.2, -0.15) is 16.3 Å². The van der Waals surface area contributed by atoms with Crippen LogP contribution in [0.5, 0.6) is 0 Å². The molecule has 0 atom stereocenters. The van der Waals surface area contributed by atoms with E-state index in [4.69, 9.17) is 5.73 Å². The first-order valence-corrected chi connectivity index (χ1v) is 7.65. The van der Waals surface area contributed by atoms with Gasteiger partial charge in [0.05, 0.1) is 5.39 Å². The van der Waals surface area contributed by atoms with Gasteiger partial charge < -0.3 is 10.6 Å². The SMILES string of the molecule is Cc1cc2c(N(C)Cc3ccsc3)nc(N)nc2s1. The van der Waals surface area contributed by atoms with Crippen molar-refractivity contribution in [2.24, 2.45) is 0 Å². The normalized spacial score (nSPS) is 11.1. The smallest absolute Gasteiger partial charge is 0.223 e. The minimum atomic E-state index is 0.335. The fourth-order valence-corrected chi connectivity index (χ4v) is 3.61. The van der Waals surface area contributed by atoms with Crippen molar-refractivity contribution in [3.63, 3.8) is 0 Å². The van der Waals surface area contributed by atoms with E-state index in [1.807, 2.05) is 7.05 Å². The number of nitrogen functional groups attached to an aromatic ring is 1. The van der Waals surface area contributed by atoms with Crippen molar-refractivity contribution in [1.29, 1.82) is 0 Å². The fourth-order valence-electron chi connectivity index (χ4n) is 2.07. The Hall–Kier alpha value is -1.66. The van der Waals surface area contributed by atoms with Crippen molar-refractivity contribution in [3.8, 4) is 0 Å². The Morgan fingerprint density at radius 3 is 2.95 bits per heavy atom.